The number of halogens is 1. The van der Waals surface area contributed by atoms with Gasteiger partial charge in [0.1, 0.15) is 11.6 Å². The number of anilines is 2. The molecule has 9 heteroatoms. The van der Waals surface area contributed by atoms with Crippen LogP contribution in [0.25, 0.3) is 11.4 Å². The average Bonchev–Trinajstić information content (AvgIpc) is 3.34. The summed E-state index contributed by atoms with van der Waals surface area (Å²) in [6, 6.07) is 18.4. The molecule has 0 aliphatic heterocycles. The van der Waals surface area contributed by atoms with Gasteiger partial charge in [0.25, 0.3) is 5.91 Å². The van der Waals surface area contributed by atoms with Gasteiger partial charge in [0.15, 0.2) is 0 Å². The number of benzene rings is 3. The number of hydrogen-bond donors (Lipinski definition) is 2. The number of para-hydroxylation sites is 1. The van der Waals surface area contributed by atoms with Crippen LogP contribution in [0.15, 0.2) is 71.3 Å². The lowest BCUT2D eigenvalue weighted by Gasteiger charge is -2.12. The first-order chi connectivity index (χ1) is 16.9. The highest BCUT2D eigenvalue weighted by atomic mass is 19.1. The van der Waals surface area contributed by atoms with E-state index in [9.17, 15) is 14.0 Å². The normalized spacial score (nSPS) is 10.6. The molecule has 0 unspecified atom stereocenters. The highest BCUT2D eigenvalue weighted by Gasteiger charge is 2.16. The molecule has 0 saturated heterocycles. The SMILES string of the molecule is COc1cccc(NC(=O)c2ccccc2NC(=O)CCc2nc(-c3ccc(C)c(F)c3)no2)c1. The second-order valence-corrected chi connectivity index (χ2v) is 7.76. The first-order valence-corrected chi connectivity index (χ1v) is 10.9. The Kier molecular flexibility index (Phi) is 7.15. The van der Waals surface area contributed by atoms with Gasteiger partial charge in [-0.25, -0.2) is 4.39 Å². The number of aryl methyl sites for hydroxylation is 2. The summed E-state index contributed by atoms with van der Waals surface area (Å²) in [5.41, 5.74) is 2.26. The van der Waals surface area contributed by atoms with Crippen molar-refractivity contribution in [2.45, 2.75) is 19.8 Å². The summed E-state index contributed by atoms with van der Waals surface area (Å²) in [6.45, 7) is 1.67. The van der Waals surface area contributed by atoms with Crippen LogP contribution in [0.3, 0.4) is 0 Å². The molecule has 0 aliphatic carbocycles. The van der Waals surface area contributed by atoms with Crippen molar-refractivity contribution in [3.63, 3.8) is 0 Å². The van der Waals surface area contributed by atoms with Crippen LogP contribution >= 0.6 is 0 Å². The third kappa shape index (κ3) is 5.89. The molecule has 0 spiro atoms. The Morgan fingerprint density at radius 2 is 1.86 bits per heavy atom. The van der Waals surface area contributed by atoms with Crippen molar-refractivity contribution in [2.75, 3.05) is 17.7 Å². The second-order valence-electron chi connectivity index (χ2n) is 7.76. The minimum absolute atomic E-state index is 0.0513. The average molecular weight is 474 g/mol. The van der Waals surface area contributed by atoms with Gasteiger partial charge >= 0.3 is 0 Å². The first-order valence-electron chi connectivity index (χ1n) is 10.9. The number of carbonyl (C=O) groups excluding carboxylic acids is 2. The number of hydrogen-bond acceptors (Lipinski definition) is 6. The molecule has 1 heterocycles. The Hall–Kier alpha value is -4.53. The summed E-state index contributed by atoms with van der Waals surface area (Å²) in [7, 11) is 1.54. The minimum Gasteiger partial charge on any atom is -0.497 e. The van der Waals surface area contributed by atoms with Crippen LogP contribution in [0.2, 0.25) is 0 Å². The fourth-order valence-electron chi connectivity index (χ4n) is 3.33. The Labute approximate surface area is 201 Å². The summed E-state index contributed by atoms with van der Waals surface area (Å²) in [6.07, 6.45) is 0.237. The Bertz CT molecular complexity index is 1370. The molecule has 0 saturated carbocycles. The largest absolute Gasteiger partial charge is 0.497 e. The van der Waals surface area contributed by atoms with Crippen LogP contribution in [0, 0.1) is 12.7 Å². The molecule has 8 nitrogen and oxygen atoms in total. The van der Waals surface area contributed by atoms with Crippen molar-refractivity contribution in [1.82, 2.24) is 10.1 Å². The van der Waals surface area contributed by atoms with E-state index < -0.39 is 0 Å². The number of amides is 2. The summed E-state index contributed by atoms with van der Waals surface area (Å²) < 4.78 is 24.2. The number of nitrogens with one attached hydrogen (secondary N) is 2. The summed E-state index contributed by atoms with van der Waals surface area (Å²) in [5, 5.41) is 9.42. The van der Waals surface area contributed by atoms with E-state index in [1.165, 1.54) is 6.07 Å². The monoisotopic (exact) mass is 474 g/mol. The van der Waals surface area contributed by atoms with E-state index >= 15 is 0 Å². The van der Waals surface area contributed by atoms with Crippen LogP contribution in [-0.2, 0) is 11.2 Å². The number of carbonyl (C=O) groups is 2. The van der Waals surface area contributed by atoms with Crippen molar-refractivity contribution in [1.29, 1.82) is 0 Å². The second kappa shape index (κ2) is 10.6. The van der Waals surface area contributed by atoms with Crippen LogP contribution in [0.1, 0.15) is 28.2 Å². The standard InChI is InChI=1S/C26H23FN4O4/c1-16-10-11-17(14-21(16)27)25-30-24(35-31-25)13-12-23(32)29-22-9-4-3-8-20(22)26(33)28-18-6-5-7-19(15-18)34-2/h3-11,14-15H,12-13H2,1-2H3,(H,28,33)(H,29,32). The first kappa shape index (κ1) is 23.6. The molecule has 0 fully saturated rings. The van der Waals surface area contributed by atoms with Crippen LogP contribution in [0.5, 0.6) is 5.75 Å². The summed E-state index contributed by atoms with van der Waals surface area (Å²) >= 11 is 0. The lowest BCUT2D eigenvalue weighted by Crippen LogP contribution is -2.18. The maximum absolute atomic E-state index is 13.8. The molecule has 3 aromatic carbocycles. The van der Waals surface area contributed by atoms with Crippen molar-refractivity contribution >= 4 is 23.2 Å². The van der Waals surface area contributed by atoms with E-state index in [1.807, 2.05) is 0 Å². The van der Waals surface area contributed by atoms with E-state index in [2.05, 4.69) is 20.8 Å². The lowest BCUT2D eigenvalue weighted by molar-refractivity contribution is -0.116. The van der Waals surface area contributed by atoms with Gasteiger partial charge in [-0.3, -0.25) is 9.59 Å². The molecule has 1 aromatic heterocycles. The smallest absolute Gasteiger partial charge is 0.257 e. The van der Waals surface area contributed by atoms with E-state index in [-0.39, 0.29) is 42.2 Å². The van der Waals surface area contributed by atoms with Gasteiger partial charge in [0.05, 0.1) is 18.4 Å². The number of methoxy groups -OCH3 is 1. The molecule has 0 atom stereocenters. The Balaban J connectivity index is 1.38. The molecule has 2 N–H and O–H groups in total. The fourth-order valence-corrected chi connectivity index (χ4v) is 3.33. The topological polar surface area (TPSA) is 106 Å². The zero-order valence-corrected chi connectivity index (χ0v) is 19.2. The number of aromatic nitrogens is 2. The summed E-state index contributed by atoms with van der Waals surface area (Å²) in [4.78, 5) is 29.6. The quantitative estimate of drug-likeness (QED) is 0.372. The van der Waals surface area contributed by atoms with Gasteiger partial charge in [-0.1, -0.05) is 35.5 Å². The van der Waals surface area contributed by atoms with Gasteiger partial charge in [-0.2, -0.15) is 4.98 Å². The molecular formula is C26H23FN4O4. The maximum Gasteiger partial charge on any atom is 0.257 e. The van der Waals surface area contributed by atoms with E-state index in [0.29, 0.717) is 33.8 Å². The molecule has 35 heavy (non-hydrogen) atoms. The number of ether oxygens (including phenoxy) is 1. The van der Waals surface area contributed by atoms with Crippen LogP contribution in [0.4, 0.5) is 15.8 Å². The van der Waals surface area contributed by atoms with E-state index in [1.54, 1.807) is 74.7 Å². The van der Waals surface area contributed by atoms with Crippen molar-refractivity contribution < 1.29 is 23.2 Å². The molecule has 4 rings (SSSR count). The predicted molar refractivity (Wildman–Crippen MR) is 129 cm³/mol. The fraction of sp³-hybridized carbons (Fsp3) is 0.154. The zero-order valence-electron chi connectivity index (χ0n) is 19.2. The van der Waals surface area contributed by atoms with Gasteiger partial charge in [0.2, 0.25) is 17.6 Å². The molecule has 0 aliphatic rings. The maximum atomic E-state index is 13.8. The molecule has 2 amide bonds. The van der Waals surface area contributed by atoms with Gasteiger partial charge in [0, 0.05) is 30.2 Å². The number of nitrogens with zero attached hydrogens (tertiary/aromatic N) is 2. The molecule has 0 radical (unpaired) electrons. The highest BCUT2D eigenvalue weighted by molar-refractivity contribution is 6.10. The lowest BCUT2D eigenvalue weighted by atomic mass is 10.1. The molecule has 4 aromatic rings. The Morgan fingerprint density at radius 1 is 1.03 bits per heavy atom. The third-order valence-corrected chi connectivity index (χ3v) is 5.24. The molecule has 178 valence electrons. The van der Waals surface area contributed by atoms with E-state index in [4.69, 9.17) is 9.26 Å². The zero-order chi connectivity index (χ0) is 24.8. The van der Waals surface area contributed by atoms with Crippen molar-refractivity contribution in [2.24, 2.45) is 0 Å². The third-order valence-electron chi connectivity index (χ3n) is 5.24. The predicted octanol–water partition coefficient (Wildman–Crippen LogP) is 5.02. The van der Waals surface area contributed by atoms with Gasteiger partial charge < -0.3 is 19.9 Å². The minimum atomic E-state index is -0.374. The highest BCUT2D eigenvalue weighted by Crippen LogP contribution is 2.22. The van der Waals surface area contributed by atoms with Gasteiger partial charge in [-0.05, 0) is 42.8 Å². The molecule has 0 bridgehead atoms. The summed E-state index contributed by atoms with van der Waals surface area (Å²) in [5.74, 6) is 0.0521. The van der Waals surface area contributed by atoms with Crippen molar-refractivity contribution in [3.8, 4) is 17.1 Å². The molecular weight excluding hydrogens is 451 g/mol. The number of rotatable bonds is 8. The van der Waals surface area contributed by atoms with Crippen molar-refractivity contribution in [3.05, 3.63) is 89.6 Å². The Morgan fingerprint density at radius 3 is 2.66 bits per heavy atom. The van der Waals surface area contributed by atoms with Crippen LogP contribution in [-0.4, -0.2) is 29.1 Å². The van der Waals surface area contributed by atoms with E-state index in [0.717, 1.165) is 0 Å². The van der Waals surface area contributed by atoms with Crippen LogP contribution < -0.4 is 15.4 Å². The van der Waals surface area contributed by atoms with Gasteiger partial charge in [-0.15, -0.1) is 0 Å².